The van der Waals surface area contributed by atoms with E-state index in [1.54, 1.807) is 11.3 Å². The number of aliphatic hydroxyl groups is 1. The van der Waals surface area contributed by atoms with E-state index in [2.05, 4.69) is 10.3 Å². The van der Waals surface area contributed by atoms with Gasteiger partial charge in [-0.2, -0.15) is 0 Å². The number of ether oxygens (including phenoxy) is 1. The maximum absolute atomic E-state index is 10.3. The fourth-order valence-electron chi connectivity index (χ4n) is 3.87. The zero-order valence-corrected chi connectivity index (χ0v) is 18.4. The van der Waals surface area contributed by atoms with Gasteiger partial charge in [-0.15, -0.1) is 11.3 Å². The number of aromatic nitrogens is 1. The first-order valence-electron chi connectivity index (χ1n) is 10.3. The van der Waals surface area contributed by atoms with Crippen LogP contribution in [0.1, 0.15) is 49.2 Å². The second-order valence-corrected chi connectivity index (χ2v) is 9.21. The number of halogens is 1. The monoisotopic (exact) mass is 430 g/mol. The average molecular weight is 431 g/mol. The van der Waals surface area contributed by atoms with Crippen LogP contribution in [0.5, 0.6) is 5.75 Å². The number of pyridine rings is 1. The fraction of sp³-hybridized carbons (Fsp3) is 0.435. The molecule has 1 aliphatic heterocycles. The Hall–Kier alpha value is -1.66. The van der Waals surface area contributed by atoms with Gasteiger partial charge >= 0.3 is 0 Å². The van der Waals surface area contributed by atoms with Gasteiger partial charge < -0.3 is 15.2 Å². The molecule has 4 nitrogen and oxygen atoms in total. The number of nitrogens with one attached hydrogen (secondary N) is 1. The highest BCUT2D eigenvalue weighted by Crippen LogP contribution is 2.42. The highest BCUT2D eigenvalue weighted by molar-refractivity contribution is 7.19. The molecule has 0 aliphatic carbocycles. The number of hydrogen-bond donors (Lipinski definition) is 2. The van der Waals surface area contributed by atoms with Gasteiger partial charge in [-0.25, -0.2) is 0 Å². The minimum atomic E-state index is -0.462. The largest absolute Gasteiger partial charge is 0.488 e. The van der Waals surface area contributed by atoms with Gasteiger partial charge in [0, 0.05) is 33.8 Å². The molecule has 0 radical (unpaired) electrons. The molecule has 29 heavy (non-hydrogen) atoms. The fourth-order valence-corrected chi connectivity index (χ4v) is 5.36. The summed E-state index contributed by atoms with van der Waals surface area (Å²) >= 11 is 8.05. The first-order valence-corrected chi connectivity index (χ1v) is 11.5. The van der Waals surface area contributed by atoms with Gasteiger partial charge in [-0.1, -0.05) is 18.5 Å². The van der Waals surface area contributed by atoms with E-state index in [4.69, 9.17) is 16.3 Å². The smallest absolute Gasteiger partial charge is 0.130 e. The van der Waals surface area contributed by atoms with E-state index in [9.17, 15) is 5.11 Å². The molecule has 0 amide bonds. The molecular weight excluding hydrogens is 404 g/mol. The SMILES string of the molecule is CCC(O)c1cc2nccc(-c3cc(Cl)cc(C)c3OC3CCCCNC3)c2s1. The van der Waals surface area contributed by atoms with E-state index in [1.807, 2.05) is 44.3 Å². The quantitative estimate of drug-likeness (QED) is 0.529. The number of fused-ring (bicyclic) bond motifs is 1. The minimum Gasteiger partial charge on any atom is -0.488 e. The van der Waals surface area contributed by atoms with Gasteiger partial charge in [0.1, 0.15) is 11.9 Å². The van der Waals surface area contributed by atoms with E-state index in [0.717, 1.165) is 57.0 Å². The third-order valence-electron chi connectivity index (χ3n) is 5.46. The number of hydrogen-bond acceptors (Lipinski definition) is 5. The van der Waals surface area contributed by atoms with Crippen LogP contribution in [0.25, 0.3) is 21.3 Å². The molecule has 4 rings (SSSR count). The van der Waals surface area contributed by atoms with Crippen LogP contribution in [0, 0.1) is 6.92 Å². The lowest BCUT2D eigenvalue weighted by Crippen LogP contribution is -2.29. The predicted molar refractivity (Wildman–Crippen MR) is 121 cm³/mol. The summed E-state index contributed by atoms with van der Waals surface area (Å²) in [4.78, 5) is 5.46. The van der Waals surface area contributed by atoms with Crippen LogP contribution in [0.2, 0.25) is 5.02 Å². The number of rotatable bonds is 5. The molecule has 1 aromatic carbocycles. The van der Waals surface area contributed by atoms with Crippen molar-refractivity contribution in [2.45, 2.75) is 51.7 Å². The molecule has 6 heteroatoms. The summed E-state index contributed by atoms with van der Waals surface area (Å²) in [5, 5.41) is 14.5. The van der Waals surface area contributed by atoms with Gasteiger partial charge in [0.2, 0.25) is 0 Å². The Balaban J connectivity index is 1.81. The normalized spacial score (nSPS) is 18.6. The Morgan fingerprint density at radius 2 is 2.17 bits per heavy atom. The van der Waals surface area contributed by atoms with Crippen molar-refractivity contribution in [3.63, 3.8) is 0 Å². The molecule has 1 fully saturated rings. The van der Waals surface area contributed by atoms with Crippen molar-refractivity contribution < 1.29 is 9.84 Å². The molecular formula is C23H27ClN2O2S. The third kappa shape index (κ3) is 4.43. The molecule has 1 saturated heterocycles. The lowest BCUT2D eigenvalue weighted by atomic mass is 10.0. The summed E-state index contributed by atoms with van der Waals surface area (Å²) in [7, 11) is 0. The lowest BCUT2D eigenvalue weighted by Gasteiger charge is -2.22. The Bertz CT molecular complexity index is 996. The number of aryl methyl sites for hydroxylation is 1. The van der Waals surface area contributed by atoms with Gasteiger partial charge in [0.15, 0.2) is 0 Å². The number of thiophene rings is 1. The highest BCUT2D eigenvalue weighted by Gasteiger charge is 2.21. The summed E-state index contributed by atoms with van der Waals surface area (Å²) in [6, 6.07) is 7.96. The van der Waals surface area contributed by atoms with E-state index < -0.39 is 6.10 Å². The predicted octanol–water partition coefficient (Wildman–Crippen LogP) is 5.89. The van der Waals surface area contributed by atoms with Gasteiger partial charge in [0.25, 0.3) is 0 Å². The topological polar surface area (TPSA) is 54.4 Å². The van der Waals surface area contributed by atoms with E-state index in [-0.39, 0.29) is 6.10 Å². The van der Waals surface area contributed by atoms with Crippen molar-refractivity contribution >= 4 is 33.2 Å². The Morgan fingerprint density at radius 3 is 3.00 bits per heavy atom. The zero-order valence-electron chi connectivity index (χ0n) is 16.9. The van der Waals surface area contributed by atoms with Crippen LogP contribution in [-0.4, -0.2) is 29.3 Å². The van der Waals surface area contributed by atoms with E-state index >= 15 is 0 Å². The molecule has 0 saturated carbocycles. The summed E-state index contributed by atoms with van der Waals surface area (Å²) in [5.74, 6) is 0.890. The molecule has 2 unspecified atom stereocenters. The molecule has 3 aromatic rings. The van der Waals surface area contributed by atoms with Crippen LogP contribution in [0.3, 0.4) is 0 Å². The second kappa shape index (κ2) is 9.00. The van der Waals surface area contributed by atoms with Crippen LogP contribution in [0.15, 0.2) is 30.5 Å². The van der Waals surface area contributed by atoms with Crippen LogP contribution in [0.4, 0.5) is 0 Å². The minimum absolute atomic E-state index is 0.147. The van der Waals surface area contributed by atoms with Gasteiger partial charge in [-0.3, -0.25) is 4.98 Å². The van der Waals surface area contributed by atoms with Crippen LogP contribution < -0.4 is 10.1 Å². The Kier molecular flexibility index (Phi) is 6.40. The van der Waals surface area contributed by atoms with Crippen molar-refractivity contribution in [1.82, 2.24) is 10.3 Å². The summed E-state index contributed by atoms with van der Waals surface area (Å²) in [6.07, 6.45) is 5.59. The van der Waals surface area contributed by atoms with Crippen molar-refractivity contribution in [3.05, 3.63) is 45.9 Å². The average Bonchev–Trinajstić information content (AvgIpc) is 2.99. The Morgan fingerprint density at radius 1 is 1.31 bits per heavy atom. The molecule has 3 heterocycles. The number of benzene rings is 1. The lowest BCUT2D eigenvalue weighted by molar-refractivity contribution is 0.177. The van der Waals surface area contributed by atoms with Gasteiger partial charge in [-0.05, 0) is 69.0 Å². The van der Waals surface area contributed by atoms with E-state index in [1.165, 1.54) is 12.8 Å². The molecule has 0 bridgehead atoms. The zero-order chi connectivity index (χ0) is 20.4. The first kappa shape index (κ1) is 20.6. The van der Waals surface area contributed by atoms with Crippen molar-refractivity contribution in [1.29, 1.82) is 0 Å². The molecule has 2 N–H and O–H groups in total. The Labute approximate surface area is 180 Å². The molecule has 2 aromatic heterocycles. The second-order valence-electron chi connectivity index (χ2n) is 7.68. The van der Waals surface area contributed by atoms with Crippen molar-refractivity contribution in [3.8, 4) is 16.9 Å². The maximum Gasteiger partial charge on any atom is 0.130 e. The summed E-state index contributed by atoms with van der Waals surface area (Å²) in [6.45, 7) is 5.94. The van der Waals surface area contributed by atoms with Gasteiger partial charge in [0.05, 0.1) is 16.3 Å². The first-order chi connectivity index (χ1) is 14.1. The third-order valence-corrected chi connectivity index (χ3v) is 6.94. The summed E-state index contributed by atoms with van der Waals surface area (Å²) in [5.41, 5.74) is 3.98. The van der Waals surface area contributed by atoms with Crippen molar-refractivity contribution in [2.75, 3.05) is 13.1 Å². The molecule has 154 valence electrons. The molecule has 0 spiro atoms. The maximum atomic E-state index is 10.3. The van der Waals surface area contributed by atoms with Crippen LogP contribution >= 0.6 is 22.9 Å². The van der Waals surface area contributed by atoms with Crippen molar-refractivity contribution in [2.24, 2.45) is 0 Å². The van der Waals surface area contributed by atoms with E-state index in [0.29, 0.717) is 11.4 Å². The molecule has 2 atom stereocenters. The summed E-state index contributed by atoms with van der Waals surface area (Å²) < 4.78 is 7.60. The number of aliphatic hydroxyl groups excluding tert-OH is 1. The molecule has 1 aliphatic rings. The highest BCUT2D eigenvalue weighted by atomic mass is 35.5. The standard InChI is InChI=1S/C23H27ClN2O2S/c1-3-20(27)21-12-19-23(29-21)17(7-9-26-19)18-11-15(24)10-14(2)22(18)28-16-6-4-5-8-25-13-16/h7,9-12,16,20,25,27H,3-6,8,13H2,1-2H3. The number of nitrogens with zero attached hydrogens (tertiary/aromatic N) is 1. The van der Waals surface area contributed by atoms with Crippen LogP contribution in [-0.2, 0) is 0 Å².